The van der Waals surface area contributed by atoms with E-state index in [1.807, 2.05) is 13.8 Å². The minimum absolute atomic E-state index is 0.219. The summed E-state index contributed by atoms with van der Waals surface area (Å²) in [7, 11) is 0. The highest BCUT2D eigenvalue weighted by atomic mass is 32.2. The highest BCUT2D eigenvalue weighted by Gasteiger charge is 2.21. The fraction of sp³-hybridized carbons (Fsp3) is 0.909. The van der Waals surface area contributed by atoms with Gasteiger partial charge in [-0.1, -0.05) is 34.1 Å². The summed E-state index contributed by atoms with van der Waals surface area (Å²) in [5, 5.41) is 8.70. The van der Waals surface area contributed by atoms with Crippen molar-refractivity contribution in [3.8, 4) is 0 Å². The standard InChI is InChI=1S/C11H22O2S/c1-8(2)6-5-7-14-10(9(3)4)11(12)13/h8-10H,5-7H2,1-4H3,(H,12,13). The van der Waals surface area contributed by atoms with Crippen LogP contribution in [0.1, 0.15) is 40.5 Å². The molecule has 0 aliphatic heterocycles. The summed E-state index contributed by atoms with van der Waals surface area (Å²) in [4.78, 5) is 10.8. The van der Waals surface area contributed by atoms with Crippen molar-refractivity contribution in [1.82, 2.24) is 0 Å². The first-order valence-corrected chi connectivity index (χ1v) is 6.34. The van der Waals surface area contributed by atoms with Crippen molar-refractivity contribution < 1.29 is 9.90 Å². The lowest BCUT2D eigenvalue weighted by Gasteiger charge is -2.15. The second kappa shape index (κ2) is 7.16. The van der Waals surface area contributed by atoms with Crippen molar-refractivity contribution in [3.05, 3.63) is 0 Å². The van der Waals surface area contributed by atoms with Crippen molar-refractivity contribution in [3.63, 3.8) is 0 Å². The van der Waals surface area contributed by atoms with E-state index in [-0.39, 0.29) is 11.2 Å². The van der Waals surface area contributed by atoms with E-state index in [1.54, 1.807) is 11.8 Å². The average Bonchev–Trinajstić information content (AvgIpc) is 2.01. The summed E-state index contributed by atoms with van der Waals surface area (Å²) in [6.45, 7) is 8.33. The predicted molar refractivity (Wildman–Crippen MR) is 62.8 cm³/mol. The average molecular weight is 218 g/mol. The molecule has 0 rings (SSSR count). The van der Waals surface area contributed by atoms with Gasteiger partial charge in [0.15, 0.2) is 0 Å². The number of rotatable bonds is 7. The van der Waals surface area contributed by atoms with Gasteiger partial charge in [0.1, 0.15) is 5.25 Å². The van der Waals surface area contributed by atoms with Crippen LogP contribution in [0.5, 0.6) is 0 Å². The molecule has 0 spiro atoms. The third kappa shape index (κ3) is 6.30. The van der Waals surface area contributed by atoms with Gasteiger partial charge in [0, 0.05) is 0 Å². The summed E-state index contributed by atoms with van der Waals surface area (Å²) in [5.74, 6) is 1.23. The zero-order valence-electron chi connectivity index (χ0n) is 9.62. The lowest BCUT2D eigenvalue weighted by molar-refractivity contribution is -0.137. The molecule has 0 saturated carbocycles. The van der Waals surface area contributed by atoms with E-state index < -0.39 is 5.97 Å². The van der Waals surface area contributed by atoms with Crippen molar-refractivity contribution in [2.75, 3.05) is 5.75 Å². The van der Waals surface area contributed by atoms with Crippen LogP contribution in [0, 0.1) is 11.8 Å². The number of hydrogen-bond acceptors (Lipinski definition) is 2. The van der Waals surface area contributed by atoms with E-state index in [0.29, 0.717) is 0 Å². The maximum atomic E-state index is 10.8. The number of carboxylic acids is 1. The first-order chi connectivity index (χ1) is 6.45. The quantitative estimate of drug-likeness (QED) is 0.666. The molecular weight excluding hydrogens is 196 g/mol. The Bertz CT molecular complexity index is 167. The van der Waals surface area contributed by atoms with Crippen LogP contribution in [0.2, 0.25) is 0 Å². The molecule has 0 aromatic rings. The second-order valence-electron chi connectivity index (χ2n) is 4.41. The molecule has 1 atom stereocenters. The summed E-state index contributed by atoms with van der Waals surface area (Å²) in [6.07, 6.45) is 2.32. The van der Waals surface area contributed by atoms with Gasteiger partial charge in [0.25, 0.3) is 0 Å². The molecular formula is C11H22O2S. The first-order valence-electron chi connectivity index (χ1n) is 5.29. The number of thioether (sulfide) groups is 1. The van der Waals surface area contributed by atoms with Gasteiger partial charge in [0.05, 0.1) is 0 Å². The maximum Gasteiger partial charge on any atom is 0.316 e. The third-order valence-corrected chi connectivity index (χ3v) is 3.70. The molecule has 3 heteroatoms. The molecule has 84 valence electrons. The SMILES string of the molecule is CC(C)CCCSC(C(=O)O)C(C)C. The van der Waals surface area contributed by atoms with E-state index in [0.717, 1.165) is 18.1 Å². The van der Waals surface area contributed by atoms with Crippen LogP contribution in [0.25, 0.3) is 0 Å². The minimum Gasteiger partial charge on any atom is -0.480 e. The molecule has 2 nitrogen and oxygen atoms in total. The molecule has 1 unspecified atom stereocenters. The molecule has 0 aliphatic carbocycles. The van der Waals surface area contributed by atoms with Crippen LogP contribution in [0.4, 0.5) is 0 Å². The Morgan fingerprint density at radius 1 is 1.29 bits per heavy atom. The second-order valence-corrected chi connectivity index (χ2v) is 5.66. The molecule has 1 N–H and O–H groups in total. The largest absolute Gasteiger partial charge is 0.480 e. The highest BCUT2D eigenvalue weighted by Crippen LogP contribution is 2.21. The Balaban J connectivity index is 3.67. The molecule has 0 amide bonds. The van der Waals surface area contributed by atoms with Gasteiger partial charge in [-0.2, -0.15) is 0 Å². The number of carbonyl (C=O) groups is 1. The van der Waals surface area contributed by atoms with Gasteiger partial charge >= 0.3 is 5.97 Å². The summed E-state index contributed by atoms with van der Waals surface area (Å²) >= 11 is 1.58. The molecule has 0 saturated heterocycles. The monoisotopic (exact) mass is 218 g/mol. The molecule has 0 fully saturated rings. The van der Waals surface area contributed by atoms with E-state index >= 15 is 0 Å². The molecule has 14 heavy (non-hydrogen) atoms. The lowest BCUT2D eigenvalue weighted by Crippen LogP contribution is -2.22. The van der Waals surface area contributed by atoms with Crippen molar-refractivity contribution >= 4 is 17.7 Å². The molecule has 0 heterocycles. The predicted octanol–water partition coefficient (Wildman–Crippen LogP) is 3.27. The van der Waals surface area contributed by atoms with Gasteiger partial charge in [-0.25, -0.2) is 0 Å². The Morgan fingerprint density at radius 3 is 2.21 bits per heavy atom. The Morgan fingerprint density at radius 2 is 1.86 bits per heavy atom. The van der Waals surface area contributed by atoms with Crippen LogP contribution in [-0.4, -0.2) is 22.1 Å². The van der Waals surface area contributed by atoms with E-state index in [2.05, 4.69) is 13.8 Å². The summed E-state index contributed by atoms with van der Waals surface area (Å²) in [5.41, 5.74) is 0. The Hall–Kier alpha value is -0.180. The van der Waals surface area contributed by atoms with Crippen LogP contribution < -0.4 is 0 Å². The number of aliphatic carboxylic acids is 1. The molecule has 0 aromatic carbocycles. The topological polar surface area (TPSA) is 37.3 Å². The van der Waals surface area contributed by atoms with Gasteiger partial charge in [0.2, 0.25) is 0 Å². The minimum atomic E-state index is -0.672. The van der Waals surface area contributed by atoms with Crippen LogP contribution in [-0.2, 0) is 4.79 Å². The number of hydrogen-bond donors (Lipinski definition) is 1. The number of carboxylic acid groups (broad SMARTS) is 1. The van der Waals surface area contributed by atoms with E-state index in [9.17, 15) is 4.79 Å². The fourth-order valence-corrected chi connectivity index (χ4v) is 2.37. The van der Waals surface area contributed by atoms with Crippen LogP contribution >= 0.6 is 11.8 Å². The van der Waals surface area contributed by atoms with E-state index in [1.165, 1.54) is 6.42 Å². The maximum absolute atomic E-state index is 10.8. The van der Waals surface area contributed by atoms with Gasteiger partial charge in [-0.3, -0.25) is 4.79 Å². The van der Waals surface area contributed by atoms with Gasteiger partial charge in [-0.05, 0) is 24.0 Å². The van der Waals surface area contributed by atoms with Gasteiger partial charge in [-0.15, -0.1) is 11.8 Å². The van der Waals surface area contributed by atoms with E-state index in [4.69, 9.17) is 5.11 Å². The molecule has 0 aliphatic rings. The van der Waals surface area contributed by atoms with Crippen LogP contribution in [0.15, 0.2) is 0 Å². The summed E-state index contributed by atoms with van der Waals surface area (Å²) < 4.78 is 0. The fourth-order valence-electron chi connectivity index (χ4n) is 1.25. The van der Waals surface area contributed by atoms with Crippen molar-refractivity contribution in [2.45, 2.75) is 45.8 Å². The molecule has 0 aromatic heterocycles. The lowest BCUT2D eigenvalue weighted by atomic mass is 10.1. The highest BCUT2D eigenvalue weighted by molar-refractivity contribution is 8.00. The molecule has 0 radical (unpaired) electrons. The normalized spacial score (nSPS) is 13.6. The first kappa shape index (κ1) is 13.8. The van der Waals surface area contributed by atoms with Crippen molar-refractivity contribution in [1.29, 1.82) is 0 Å². The zero-order valence-corrected chi connectivity index (χ0v) is 10.4. The van der Waals surface area contributed by atoms with Crippen LogP contribution in [0.3, 0.4) is 0 Å². The summed E-state index contributed by atoms with van der Waals surface area (Å²) in [6, 6.07) is 0. The molecule has 0 bridgehead atoms. The van der Waals surface area contributed by atoms with Gasteiger partial charge < -0.3 is 5.11 Å². The third-order valence-electron chi connectivity index (χ3n) is 2.07. The smallest absolute Gasteiger partial charge is 0.316 e. The Labute approximate surface area is 91.5 Å². The van der Waals surface area contributed by atoms with Crippen molar-refractivity contribution in [2.24, 2.45) is 11.8 Å². The zero-order chi connectivity index (χ0) is 11.1. The Kier molecular flexibility index (Phi) is 7.06.